The molecule has 1 amide bonds. The molecule has 0 aromatic rings. The maximum Gasteiger partial charge on any atom is 0.220 e. The third-order valence-corrected chi connectivity index (χ3v) is 21.2. The van der Waals surface area contributed by atoms with Gasteiger partial charge in [-0.3, -0.25) is 4.79 Å². The van der Waals surface area contributed by atoms with Crippen LogP contribution >= 0.6 is 0 Å². The largest absolute Gasteiger partial charge is 0.394 e. The first-order valence-corrected chi connectivity index (χ1v) is 43.3. The Morgan fingerprint density at radius 2 is 0.654 bits per heavy atom. The molecular formula is C88H157NO18. The minimum Gasteiger partial charge on any atom is -0.394 e. The number of rotatable bonds is 69. The maximum absolute atomic E-state index is 13.5. The van der Waals surface area contributed by atoms with Crippen molar-refractivity contribution < 1.29 is 89.4 Å². The third-order valence-electron chi connectivity index (χ3n) is 21.2. The second-order valence-electron chi connectivity index (χ2n) is 30.6. The number of hydrogen-bond acceptors (Lipinski definition) is 18. The van der Waals surface area contributed by atoms with Gasteiger partial charge in [-0.2, -0.15) is 0 Å². The van der Waals surface area contributed by atoms with E-state index in [0.717, 1.165) is 70.6 Å². The Balaban J connectivity index is 1.32. The summed E-state index contributed by atoms with van der Waals surface area (Å²) < 4.78 is 34.5. The molecule has 0 bridgehead atoms. The first-order valence-electron chi connectivity index (χ1n) is 43.3. The first-order chi connectivity index (χ1) is 52.3. The standard InChI is InChI=1S/C88H157NO18/c1-3-5-7-9-11-13-15-17-19-21-23-25-27-28-29-30-31-32-33-34-35-36-37-38-39-40-41-42-44-46-48-50-52-54-56-58-60-62-64-66-76(94)89-71(72(93)65-63-61-59-57-55-53-51-49-47-45-43-26-24-22-20-18-16-14-12-10-8-6-4-2)70-102-86-82(100)79(97)84(74(68-91)104-86)107-88-83(101)80(98)85(75(69-92)105-88)106-87-81(99)78(96)77(95)73(67-90)103-87/h5,7,11,13,17,19,23,25,47,49,55,57,63,65,71-75,77-88,90-93,95-101H,3-4,6,8-10,12,14-16,18,20-22,24,26-46,48,50-54,56,58-62,64,66-70H2,1-2H3,(H,89,94)/b7-5-,13-11-,19-17-,25-23-,49-47+,57-55+,65-63+. The van der Waals surface area contributed by atoms with Crippen molar-refractivity contribution in [3.05, 3.63) is 85.1 Å². The molecule has 3 fully saturated rings. The molecule has 0 radical (unpaired) electrons. The third kappa shape index (κ3) is 46.7. The van der Waals surface area contributed by atoms with Crippen molar-refractivity contribution in [3.63, 3.8) is 0 Å². The number of ether oxygens (including phenoxy) is 6. The zero-order valence-corrected chi connectivity index (χ0v) is 66.9. The molecule has 17 atom stereocenters. The van der Waals surface area contributed by atoms with E-state index in [1.54, 1.807) is 6.08 Å². The van der Waals surface area contributed by atoms with Crippen LogP contribution in [0.15, 0.2) is 85.1 Å². The number of hydrogen-bond donors (Lipinski definition) is 12. The van der Waals surface area contributed by atoms with Crippen LogP contribution in [0.5, 0.6) is 0 Å². The number of unbranched alkanes of at least 4 members (excludes halogenated alkanes) is 41. The van der Waals surface area contributed by atoms with Gasteiger partial charge in [-0.15, -0.1) is 0 Å². The lowest BCUT2D eigenvalue weighted by molar-refractivity contribution is -0.379. The molecule has 0 aliphatic carbocycles. The smallest absolute Gasteiger partial charge is 0.220 e. The van der Waals surface area contributed by atoms with Crippen LogP contribution in [0.1, 0.15) is 335 Å². The van der Waals surface area contributed by atoms with E-state index in [2.05, 4.69) is 92.1 Å². The van der Waals surface area contributed by atoms with Gasteiger partial charge in [0, 0.05) is 6.42 Å². The zero-order valence-electron chi connectivity index (χ0n) is 66.9. The molecule has 19 nitrogen and oxygen atoms in total. The fourth-order valence-electron chi connectivity index (χ4n) is 14.3. The van der Waals surface area contributed by atoms with Crippen LogP contribution in [-0.2, 0) is 33.2 Å². The molecule has 0 spiro atoms. The predicted molar refractivity (Wildman–Crippen MR) is 429 cm³/mol. The molecule has 19 heteroatoms. The minimum absolute atomic E-state index is 0.233. The monoisotopic (exact) mass is 1520 g/mol. The molecule has 17 unspecified atom stereocenters. The molecule has 0 saturated carbocycles. The number of nitrogens with one attached hydrogen (secondary N) is 1. The number of amides is 1. The average molecular weight is 1520 g/mol. The summed E-state index contributed by atoms with van der Waals surface area (Å²) in [7, 11) is 0. The lowest BCUT2D eigenvalue weighted by atomic mass is 9.96. The summed E-state index contributed by atoms with van der Waals surface area (Å²) in [5.74, 6) is -0.285. The Hall–Kier alpha value is -3.03. The molecule has 3 rings (SSSR count). The van der Waals surface area contributed by atoms with Gasteiger partial charge in [0.1, 0.15) is 73.2 Å². The highest BCUT2D eigenvalue weighted by molar-refractivity contribution is 5.76. The van der Waals surface area contributed by atoms with Crippen LogP contribution in [-0.4, -0.2) is 193 Å². The molecule has 622 valence electrons. The molecule has 3 heterocycles. The van der Waals surface area contributed by atoms with Gasteiger partial charge in [-0.1, -0.05) is 330 Å². The van der Waals surface area contributed by atoms with Gasteiger partial charge >= 0.3 is 0 Å². The van der Waals surface area contributed by atoms with Crippen LogP contribution in [0.25, 0.3) is 0 Å². The lowest BCUT2D eigenvalue weighted by Crippen LogP contribution is -2.66. The molecule has 0 aromatic carbocycles. The lowest BCUT2D eigenvalue weighted by Gasteiger charge is -2.48. The van der Waals surface area contributed by atoms with Gasteiger partial charge in [-0.25, -0.2) is 0 Å². The van der Waals surface area contributed by atoms with Crippen molar-refractivity contribution in [2.24, 2.45) is 0 Å². The van der Waals surface area contributed by atoms with Crippen LogP contribution < -0.4 is 5.32 Å². The van der Waals surface area contributed by atoms with Crippen molar-refractivity contribution >= 4 is 5.91 Å². The maximum atomic E-state index is 13.5. The number of carbonyl (C=O) groups is 1. The Labute approximate surface area is 648 Å². The van der Waals surface area contributed by atoms with E-state index < -0.39 is 124 Å². The molecule has 3 saturated heterocycles. The fraction of sp³-hybridized carbons (Fsp3) is 0.830. The number of allylic oxidation sites excluding steroid dienone is 13. The summed E-state index contributed by atoms with van der Waals surface area (Å²) in [5, 5.41) is 121. The normalized spacial score (nSPS) is 25.9. The Kier molecular flexibility index (Phi) is 61.9. The Bertz CT molecular complexity index is 2260. The molecule has 3 aliphatic rings. The Morgan fingerprint density at radius 3 is 1.05 bits per heavy atom. The highest BCUT2D eigenvalue weighted by atomic mass is 16.8. The van der Waals surface area contributed by atoms with Gasteiger partial charge in [0.05, 0.1) is 38.6 Å². The summed E-state index contributed by atoms with van der Waals surface area (Å²) in [6.07, 6.45) is 64.5. The molecule has 107 heavy (non-hydrogen) atoms. The van der Waals surface area contributed by atoms with E-state index in [1.165, 1.54) is 231 Å². The summed E-state index contributed by atoms with van der Waals surface area (Å²) >= 11 is 0. The van der Waals surface area contributed by atoms with E-state index >= 15 is 0 Å². The van der Waals surface area contributed by atoms with Crippen molar-refractivity contribution in [2.45, 2.75) is 439 Å². The first kappa shape index (κ1) is 98.2. The molecular weight excluding hydrogens is 1360 g/mol. The second kappa shape index (κ2) is 67.5. The van der Waals surface area contributed by atoms with Gasteiger partial charge in [0.25, 0.3) is 0 Å². The van der Waals surface area contributed by atoms with E-state index in [1.807, 2.05) is 6.08 Å². The predicted octanol–water partition coefficient (Wildman–Crippen LogP) is 15.7. The SMILES string of the molecule is CC/C=C\C/C=C\C/C=C\C/C=C\CCCCCCCCCCCCCCCCCCCCCCCCCCCCC(=O)NC(COC1OC(CO)C(OC2OC(CO)C(OC3OC(CO)C(O)C(O)C3O)C(O)C2O)C(O)C1O)C(O)/C=C/CC/C=C/CC/C=C/CCCCCCCCCCCCCCC. The van der Waals surface area contributed by atoms with Crippen LogP contribution in [0.2, 0.25) is 0 Å². The summed E-state index contributed by atoms with van der Waals surface area (Å²) in [4.78, 5) is 13.5. The van der Waals surface area contributed by atoms with Gasteiger partial charge in [0.15, 0.2) is 18.9 Å². The van der Waals surface area contributed by atoms with Crippen molar-refractivity contribution in [3.8, 4) is 0 Å². The average Bonchev–Trinajstić information content (AvgIpc) is 0.781. The van der Waals surface area contributed by atoms with Crippen molar-refractivity contribution in [2.75, 3.05) is 26.4 Å². The summed E-state index contributed by atoms with van der Waals surface area (Å²) in [5.41, 5.74) is 0. The number of carbonyl (C=O) groups excluding carboxylic acids is 1. The number of aliphatic hydroxyl groups is 11. The highest BCUT2D eigenvalue weighted by Crippen LogP contribution is 2.33. The second-order valence-corrected chi connectivity index (χ2v) is 30.6. The topological polar surface area (TPSA) is 307 Å². The van der Waals surface area contributed by atoms with Crippen molar-refractivity contribution in [1.82, 2.24) is 5.32 Å². The van der Waals surface area contributed by atoms with Gasteiger partial charge in [0.2, 0.25) is 5.91 Å². The molecule has 12 N–H and O–H groups in total. The van der Waals surface area contributed by atoms with Gasteiger partial charge < -0.3 is 89.9 Å². The minimum atomic E-state index is -1.99. The quantitative estimate of drug-likeness (QED) is 0.0199. The zero-order chi connectivity index (χ0) is 77.4. The molecule has 3 aliphatic heterocycles. The van der Waals surface area contributed by atoms with Crippen LogP contribution in [0, 0.1) is 0 Å². The molecule has 0 aromatic heterocycles. The Morgan fingerprint density at radius 1 is 0.346 bits per heavy atom. The fourth-order valence-corrected chi connectivity index (χ4v) is 14.3. The van der Waals surface area contributed by atoms with Crippen LogP contribution in [0.3, 0.4) is 0 Å². The van der Waals surface area contributed by atoms with E-state index in [-0.39, 0.29) is 18.9 Å². The van der Waals surface area contributed by atoms with Crippen LogP contribution in [0.4, 0.5) is 0 Å². The summed E-state index contributed by atoms with van der Waals surface area (Å²) in [6, 6.07) is -0.999. The van der Waals surface area contributed by atoms with Gasteiger partial charge in [-0.05, 0) is 83.5 Å². The van der Waals surface area contributed by atoms with Crippen molar-refractivity contribution in [1.29, 1.82) is 0 Å². The van der Waals surface area contributed by atoms with E-state index in [9.17, 15) is 61.0 Å². The van der Waals surface area contributed by atoms with E-state index in [0.29, 0.717) is 12.8 Å². The number of aliphatic hydroxyl groups excluding tert-OH is 11. The highest BCUT2D eigenvalue weighted by Gasteiger charge is 2.54. The summed E-state index contributed by atoms with van der Waals surface area (Å²) in [6.45, 7) is 1.63. The van der Waals surface area contributed by atoms with E-state index in [4.69, 9.17) is 28.4 Å².